The molecule has 100 valence electrons. The first-order valence-corrected chi connectivity index (χ1v) is 6.57. The molecule has 3 aliphatic carbocycles. The predicted octanol–water partition coefficient (Wildman–Crippen LogP) is 1.06. The van der Waals surface area contributed by atoms with E-state index in [4.69, 9.17) is 4.74 Å². The molecule has 18 heavy (non-hydrogen) atoms. The Morgan fingerprint density at radius 1 is 1.39 bits per heavy atom. The maximum atomic E-state index is 11.4. The van der Waals surface area contributed by atoms with E-state index in [0.29, 0.717) is 17.9 Å². The highest BCUT2D eigenvalue weighted by atomic mass is 16.6. The standard InChI is InChI=1S/C13H18O5/c1-17-10(14)5-9(13(15)16)8-4-6-2-3-7(8)12-11(6)18-12/h6-9,11-12H,2-5H2,1H3,(H,15,16). The molecule has 1 N–H and O–H groups in total. The van der Waals surface area contributed by atoms with Gasteiger partial charge in [-0.2, -0.15) is 0 Å². The van der Waals surface area contributed by atoms with Gasteiger partial charge in [0, 0.05) is 0 Å². The molecule has 0 amide bonds. The summed E-state index contributed by atoms with van der Waals surface area (Å²) in [5.74, 6) is -1.03. The fourth-order valence-corrected chi connectivity index (χ4v) is 3.98. The minimum Gasteiger partial charge on any atom is -0.481 e. The van der Waals surface area contributed by atoms with Gasteiger partial charge in [0.25, 0.3) is 0 Å². The van der Waals surface area contributed by atoms with Crippen molar-refractivity contribution in [3.8, 4) is 0 Å². The Bertz CT molecular complexity index is 380. The fraction of sp³-hybridized carbons (Fsp3) is 0.846. The van der Waals surface area contributed by atoms with Gasteiger partial charge in [0.2, 0.25) is 0 Å². The van der Waals surface area contributed by atoms with Crippen LogP contribution in [0.3, 0.4) is 0 Å². The van der Waals surface area contributed by atoms with Gasteiger partial charge in [-0.3, -0.25) is 9.59 Å². The molecule has 0 radical (unpaired) electrons. The van der Waals surface area contributed by atoms with Gasteiger partial charge in [0.1, 0.15) is 0 Å². The topological polar surface area (TPSA) is 76.1 Å². The van der Waals surface area contributed by atoms with E-state index in [1.807, 2.05) is 0 Å². The summed E-state index contributed by atoms with van der Waals surface area (Å²) in [4.78, 5) is 22.7. The number of rotatable bonds is 4. The average Bonchev–Trinajstić information content (AvgIpc) is 3.17. The van der Waals surface area contributed by atoms with Gasteiger partial charge in [-0.25, -0.2) is 0 Å². The van der Waals surface area contributed by atoms with Crippen molar-refractivity contribution in [1.82, 2.24) is 0 Å². The van der Waals surface area contributed by atoms with E-state index >= 15 is 0 Å². The number of fused-ring (bicyclic) bond motifs is 2. The molecule has 6 unspecified atom stereocenters. The Kier molecular flexibility index (Phi) is 2.81. The Morgan fingerprint density at radius 2 is 2.17 bits per heavy atom. The molecule has 1 aliphatic heterocycles. The number of ether oxygens (including phenoxy) is 2. The van der Waals surface area contributed by atoms with Crippen LogP contribution < -0.4 is 0 Å². The molecule has 5 heteroatoms. The highest BCUT2D eigenvalue weighted by Gasteiger charge is 2.61. The number of epoxide rings is 1. The number of carboxylic acid groups (broad SMARTS) is 1. The van der Waals surface area contributed by atoms with Crippen LogP contribution in [-0.4, -0.2) is 36.4 Å². The quantitative estimate of drug-likeness (QED) is 0.599. The molecule has 0 spiro atoms. The van der Waals surface area contributed by atoms with E-state index in [9.17, 15) is 14.7 Å². The molecular weight excluding hydrogens is 236 g/mol. The van der Waals surface area contributed by atoms with E-state index in [1.54, 1.807) is 0 Å². The molecule has 0 aromatic heterocycles. The third-order valence-corrected chi connectivity index (χ3v) is 4.89. The van der Waals surface area contributed by atoms with Gasteiger partial charge in [-0.15, -0.1) is 0 Å². The normalized spacial score (nSPS) is 41.9. The molecule has 0 aromatic carbocycles. The van der Waals surface area contributed by atoms with Crippen LogP contribution in [0.2, 0.25) is 0 Å². The molecule has 2 bridgehead atoms. The number of hydrogen-bond donors (Lipinski definition) is 1. The van der Waals surface area contributed by atoms with Crippen LogP contribution in [0.15, 0.2) is 0 Å². The van der Waals surface area contributed by atoms with Crippen molar-refractivity contribution >= 4 is 11.9 Å². The first-order chi connectivity index (χ1) is 8.61. The third kappa shape index (κ3) is 1.81. The molecule has 4 fully saturated rings. The Morgan fingerprint density at radius 3 is 2.78 bits per heavy atom. The zero-order valence-corrected chi connectivity index (χ0v) is 10.4. The minimum absolute atomic E-state index is 0.0168. The first kappa shape index (κ1) is 12.0. The number of hydrogen-bond acceptors (Lipinski definition) is 4. The van der Waals surface area contributed by atoms with Gasteiger partial charge in [0.15, 0.2) is 0 Å². The molecular formula is C13H18O5. The molecule has 4 aliphatic rings. The maximum absolute atomic E-state index is 11.4. The molecule has 0 aromatic rings. The van der Waals surface area contributed by atoms with E-state index in [0.717, 1.165) is 19.3 Å². The second-order valence-electron chi connectivity index (χ2n) is 5.69. The van der Waals surface area contributed by atoms with Crippen molar-refractivity contribution in [3.63, 3.8) is 0 Å². The zero-order valence-electron chi connectivity index (χ0n) is 10.4. The number of esters is 1. The van der Waals surface area contributed by atoms with Gasteiger partial charge >= 0.3 is 11.9 Å². The lowest BCUT2D eigenvalue weighted by molar-refractivity contribution is -0.154. The molecule has 3 saturated carbocycles. The van der Waals surface area contributed by atoms with Crippen LogP contribution in [0.1, 0.15) is 25.7 Å². The highest BCUT2D eigenvalue weighted by molar-refractivity contribution is 5.79. The van der Waals surface area contributed by atoms with Crippen LogP contribution in [-0.2, 0) is 19.1 Å². The fourth-order valence-electron chi connectivity index (χ4n) is 3.98. The van der Waals surface area contributed by atoms with Gasteiger partial charge in [-0.1, -0.05) is 0 Å². The Labute approximate surface area is 105 Å². The van der Waals surface area contributed by atoms with Crippen molar-refractivity contribution in [2.75, 3.05) is 7.11 Å². The van der Waals surface area contributed by atoms with Crippen LogP contribution in [0.5, 0.6) is 0 Å². The van der Waals surface area contributed by atoms with Crippen molar-refractivity contribution in [2.45, 2.75) is 37.9 Å². The van der Waals surface area contributed by atoms with Crippen molar-refractivity contribution in [1.29, 1.82) is 0 Å². The number of aliphatic carboxylic acids is 1. The van der Waals surface area contributed by atoms with E-state index < -0.39 is 17.9 Å². The lowest BCUT2D eigenvalue weighted by Crippen LogP contribution is -2.43. The summed E-state index contributed by atoms with van der Waals surface area (Å²) in [6.07, 6.45) is 3.71. The summed E-state index contributed by atoms with van der Waals surface area (Å²) in [6.45, 7) is 0. The smallest absolute Gasteiger partial charge is 0.307 e. The lowest BCUT2D eigenvalue weighted by Gasteiger charge is -2.41. The van der Waals surface area contributed by atoms with Crippen LogP contribution >= 0.6 is 0 Å². The lowest BCUT2D eigenvalue weighted by atomic mass is 9.60. The summed E-state index contributed by atoms with van der Waals surface area (Å²) in [5.41, 5.74) is 0. The Hall–Kier alpha value is -1.10. The highest BCUT2D eigenvalue weighted by Crippen LogP contribution is 2.57. The summed E-state index contributed by atoms with van der Waals surface area (Å²) < 4.78 is 10.3. The number of carboxylic acids is 1. The van der Waals surface area contributed by atoms with Crippen molar-refractivity contribution in [3.05, 3.63) is 0 Å². The van der Waals surface area contributed by atoms with E-state index in [-0.39, 0.29) is 18.4 Å². The van der Waals surface area contributed by atoms with E-state index in [1.165, 1.54) is 7.11 Å². The SMILES string of the molecule is COC(=O)CC(C(=O)O)C1CC2CCC1C1OC21. The third-order valence-electron chi connectivity index (χ3n) is 4.89. The van der Waals surface area contributed by atoms with Crippen molar-refractivity contribution in [2.24, 2.45) is 23.7 Å². The van der Waals surface area contributed by atoms with Crippen LogP contribution in [0.25, 0.3) is 0 Å². The van der Waals surface area contributed by atoms with Gasteiger partial charge < -0.3 is 14.6 Å². The summed E-state index contributed by atoms with van der Waals surface area (Å²) >= 11 is 0. The maximum Gasteiger partial charge on any atom is 0.307 e. The Balaban J connectivity index is 1.74. The molecule has 5 nitrogen and oxygen atoms in total. The summed E-state index contributed by atoms with van der Waals surface area (Å²) in [7, 11) is 1.30. The zero-order chi connectivity index (χ0) is 12.9. The average molecular weight is 254 g/mol. The van der Waals surface area contributed by atoms with Gasteiger partial charge in [0.05, 0.1) is 31.7 Å². The second kappa shape index (κ2) is 4.23. The van der Waals surface area contributed by atoms with Crippen LogP contribution in [0, 0.1) is 23.7 Å². The number of carbonyl (C=O) groups is 2. The van der Waals surface area contributed by atoms with Gasteiger partial charge in [-0.05, 0) is 37.0 Å². The summed E-state index contributed by atoms with van der Waals surface area (Å²) in [5, 5.41) is 9.35. The molecule has 1 heterocycles. The molecule has 1 saturated heterocycles. The minimum atomic E-state index is -0.879. The van der Waals surface area contributed by atoms with Crippen LogP contribution in [0.4, 0.5) is 0 Å². The first-order valence-electron chi connectivity index (χ1n) is 6.57. The summed E-state index contributed by atoms with van der Waals surface area (Å²) in [6, 6.07) is 0. The molecule has 4 rings (SSSR count). The molecule has 6 atom stereocenters. The monoisotopic (exact) mass is 254 g/mol. The van der Waals surface area contributed by atoms with Crippen molar-refractivity contribution < 1.29 is 24.2 Å². The largest absolute Gasteiger partial charge is 0.481 e. The number of methoxy groups -OCH3 is 1. The second-order valence-corrected chi connectivity index (χ2v) is 5.69. The van der Waals surface area contributed by atoms with E-state index in [2.05, 4.69) is 4.74 Å². The predicted molar refractivity (Wildman–Crippen MR) is 60.7 cm³/mol. The number of carbonyl (C=O) groups excluding carboxylic acids is 1.